The molecule has 0 radical (unpaired) electrons. The molecule has 2 aromatic heterocycles. The zero-order chi connectivity index (χ0) is 21.0. The van der Waals surface area contributed by atoms with E-state index in [1.807, 2.05) is 6.92 Å². The minimum absolute atomic E-state index is 0.265. The molecule has 3 rings (SSSR count). The van der Waals surface area contributed by atoms with Gasteiger partial charge in [-0.3, -0.25) is 14.2 Å². The Hall–Kier alpha value is -2.51. The molecule has 10 heteroatoms. The highest BCUT2D eigenvalue weighted by molar-refractivity contribution is 7.99. The van der Waals surface area contributed by atoms with Gasteiger partial charge in [0.05, 0.1) is 11.4 Å². The maximum absolute atomic E-state index is 12.9. The van der Waals surface area contributed by atoms with Crippen molar-refractivity contribution in [1.29, 1.82) is 0 Å². The van der Waals surface area contributed by atoms with Gasteiger partial charge in [0, 0.05) is 23.9 Å². The zero-order valence-corrected chi connectivity index (χ0v) is 17.4. The number of aromatic amines is 1. The molecule has 0 spiro atoms. The molecule has 0 amide bonds. The summed E-state index contributed by atoms with van der Waals surface area (Å²) in [4.78, 5) is 31.5. The number of nitrogens with one attached hydrogen (secondary N) is 1. The largest absolute Gasteiger partial charge is 0.487 e. The fourth-order valence-electron chi connectivity index (χ4n) is 2.55. The Morgan fingerprint density at radius 3 is 2.55 bits per heavy atom. The molecule has 29 heavy (non-hydrogen) atoms. The molecule has 1 unspecified atom stereocenters. The molecule has 1 aromatic carbocycles. The molecule has 0 bridgehead atoms. The number of H-pyrrole nitrogens is 1. The Morgan fingerprint density at radius 1 is 1.21 bits per heavy atom. The maximum atomic E-state index is 12.9. The van der Waals surface area contributed by atoms with Crippen molar-refractivity contribution in [2.45, 2.75) is 17.7 Å². The van der Waals surface area contributed by atoms with E-state index in [-0.39, 0.29) is 16.9 Å². The molecule has 152 valence electrons. The average molecular weight is 437 g/mol. The van der Waals surface area contributed by atoms with E-state index in [0.29, 0.717) is 27.9 Å². The Balaban J connectivity index is 1.98. The highest BCUT2D eigenvalue weighted by atomic mass is 32.2. The molecule has 3 aromatic rings. The number of pyridine rings is 1. The number of alkyl halides is 2. The third-order valence-corrected chi connectivity index (χ3v) is 4.75. The zero-order valence-electron chi connectivity index (χ0n) is 15.4. The van der Waals surface area contributed by atoms with Gasteiger partial charge in [-0.2, -0.15) is 8.78 Å². The van der Waals surface area contributed by atoms with Crippen LogP contribution < -0.4 is 15.9 Å². The van der Waals surface area contributed by atoms with Crippen LogP contribution in [-0.2, 0) is 0 Å². The number of halogens is 2. The Kier molecular flexibility index (Phi) is 6.49. The van der Waals surface area contributed by atoms with Crippen molar-refractivity contribution < 1.29 is 13.5 Å². The number of thioether (sulfide) groups is 1. The number of ether oxygens (including phenoxy) is 1. The molecule has 6 nitrogen and oxygen atoms in total. The Bertz CT molecular complexity index is 1110. The summed E-state index contributed by atoms with van der Waals surface area (Å²) in [6.07, 6.45) is 1.49. The van der Waals surface area contributed by atoms with E-state index in [4.69, 9.17) is 4.74 Å². The molecule has 0 saturated heterocycles. The van der Waals surface area contributed by atoms with Gasteiger partial charge < -0.3 is 9.72 Å². The lowest BCUT2D eigenvalue weighted by Crippen LogP contribution is -2.21. The summed E-state index contributed by atoms with van der Waals surface area (Å²) in [5.74, 6) is 0.942. The summed E-state index contributed by atoms with van der Waals surface area (Å²) in [5.41, 5.74) is -2.16. The summed E-state index contributed by atoms with van der Waals surface area (Å²) in [6, 6.07) is 10.6. The van der Waals surface area contributed by atoms with Crippen LogP contribution in [0.2, 0.25) is 0 Å². The number of rotatable bonds is 7. The van der Waals surface area contributed by atoms with Crippen LogP contribution in [0.1, 0.15) is 6.92 Å². The minimum Gasteiger partial charge on any atom is -0.487 e. The van der Waals surface area contributed by atoms with Gasteiger partial charge >= 0.3 is 0 Å². The first-order valence-electron chi connectivity index (χ1n) is 8.63. The molecular formula is C19H18F2N3O3PS. The predicted molar refractivity (Wildman–Crippen MR) is 112 cm³/mol. The first-order valence-corrected chi connectivity index (χ1v) is 10.2. The summed E-state index contributed by atoms with van der Waals surface area (Å²) < 4.78 is 32.3. The quantitative estimate of drug-likeness (QED) is 0.348. The lowest BCUT2D eigenvalue weighted by Gasteiger charge is -2.14. The van der Waals surface area contributed by atoms with Crippen LogP contribution >= 0.6 is 21.0 Å². The molecular weight excluding hydrogens is 419 g/mol. The Morgan fingerprint density at radius 2 is 1.93 bits per heavy atom. The molecule has 1 atom stereocenters. The third-order valence-electron chi connectivity index (χ3n) is 3.76. The van der Waals surface area contributed by atoms with Crippen molar-refractivity contribution in [2.75, 3.05) is 12.4 Å². The van der Waals surface area contributed by atoms with E-state index >= 15 is 0 Å². The molecule has 0 aliphatic heterocycles. The monoisotopic (exact) mass is 437 g/mol. The van der Waals surface area contributed by atoms with Crippen LogP contribution in [-0.4, -0.2) is 32.6 Å². The van der Waals surface area contributed by atoms with Gasteiger partial charge in [-0.25, -0.2) is 4.98 Å². The van der Waals surface area contributed by atoms with Crippen LogP contribution in [0, 0.1) is 0 Å². The number of hydrogen-bond donors (Lipinski definition) is 1. The van der Waals surface area contributed by atoms with E-state index in [1.54, 1.807) is 18.2 Å². The van der Waals surface area contributed by atoms with Gasteiger partial charge in [-0.05, 0) is 36.1 Å². The van der Waals surface area contributed by atoms with Crippen molar-refractivity contribution in [1.82, 2.24) is 14.5 Å². The summed E-state index contributed by atoms with van der Waals surface area (Å²) in [7, 11) is 1.42. The summed E-state index contributed by atoms with van der Waals surface area (Å²) >= 11 is 1.37. The molecule has 0 aliphatic carbocycles. The van der Waals surface area contributed by atoms with Crippen molar-refractivity contribution >= 4 is 21.0 Å². The fraction of sp³-hybridized carbons (Fsp3) is 0.211. The van der Waals surface area contributed by atoms with E-state index in [2.05, 4.69) is 9.97 Å². The predicted octanol–water partition coefficient (Wildman–Crippen LogP) is 3.55. The second-order valence-corrected chi connectivity index (χ2v) is 8.09. The minimum atomic E-state index is -3.01. The topological polar surface area (TPSA) is 77.0 Å². The smallest absolute Gasteiger partial charge is 0.291 e. The number of hydrogen-bond acceptors (Lipinski definition) is 5. The van der Waals surface area contributed by atoms with Gasteiger partial charge in [0.2, 0.25) is 5.56 Å². The van der Waals surface area contributed by atoms with Gasteiger partial charge in [0.25, 0.3) is 11.2 Å². The third kappa shape index (κ3) is 5.52. The van der Waals surface area contributed by atoms with Crippen LogP contribution in [0.15, 0.2) is 63.4 Å². The van der Waals surface area contributed by atoms with Crippen LogP contribution in [0.4, 0.5) is 8.78 Å². The summed E-state index contributed by atoms with van der Waals surface area (Å²) in [6.45, 7) is 1.17. The number of nitrogens with zero attached hydrogens (tertiary/aromatic N) is 2. The first kappa shape index (κ1) is 21.2. The first-order chi connectivity index (χ1) is 13.8. The van der Waals surface area contributed by atoms with Gasteiger partial charge in [-0.1, -0.05) is 27.9 Å². The van der Waals surface area contributed by atoms with Gasteiger partial charge in [0.15, 0.2) is 11.8 Å². The van der Waals surface area contributed by atoms with Crippen LogP contribution in [0.25, 0.3) is 16.9 Å². The lowest BCUT2D eigenvalue weighted by molar-refractivity contribution is 0.0462. The van der Waals surface area contributed by atoms with Crippen molar-refractivity contribution in [3.63, 3.8) is 0 Å². The fourth-order valence-corrected chi connectivity index (χ4v) is 3.38. The molecule has 0 saturated carbocycles. The maximum Gasteiger partial charge on any atom is 0.291 e. The normalized spacial score (nSPS) is 11.4. The lowest BCUT2D eigenvalue weighted by atomic mass is 10.2. The van der Waals surface area contributed by atoms with Gasteiger partial charge in [0.1, 0.15) is 5.75 Å². The number of benzene rings is 1. The summed E-state index contributed by atoms with van der Waals surface area (Å²) in [5, 5.41) is 0.459. The Labute approximate surface area is 171 Å². The van der Waals surface area contributed by atoms with Crippen molar-refractivity contribution in [3.05, 3.63) is 69.4 Å². The number of aromatic nitrogens is 3. The van der Waals surface area contributed by atoms with E-state index < -0.39 is 12.3 Å². The molecule has 2 heterocycles. The highest BCUT2D eigenvalue weighted by Gasteiger charge is 2.22. The molecule has 0 fully saturated rings. The molecule has 0 aliphatic rings. The second kappa shape index (κ2) is 8.88. The van der Waals surface area contributed by atoms with Crippen molar-refractivity contribution in [2.24, 2.45) is 0 Å². The van der Waals surface area contributed by atoms with Gasteiger partial charge in [-0.15, -0.1) is 0 Å². The van der Waals surface area contributed by atoms with E-state index in [9.17, 15) is 18.4 Å². The van der Waals surface area contributed by atoms with Crippen LogP contribution in [0.3, 0.4) is 0 Å². The molecule has 1 N–H and O–H groups in total. The highest BCUT2D eigenvalue weighted by Crippen LogP contribution is 2.25. The second-order valence-electron chi connectivity index (χ2n) is 6.02. The average Bonchev–Trinajstić information content (AvgIpc) is 2.66. The van der Waals surface area contributed by atoms with Crippen molar-refractivity contribution in [3.8, 4) is 22.7 Å². The standard InChI is InChI=1S/C19H18F2N3O3PS/c1-2-29-18-23-15(12-7-8-22-16(25)9-12)10-17(26)24(18)13-3-5-14(6-4-13)27-11-19(20,21)28/h3-10H,2,11,28H2,1H3,(H,22,25). The van der Waals surface area contributed by atoms with E-state index in [0.717, 1.165) is 0 Å². The van der Waals surface area contributed by atoms with E-state index in [1.165, 1.54) is 56.0 Å². The van der Waals surface area contributed by atoms with Crippen LogP contribution in [0.5, 0.6) is 5.75 Å². The SMILES string of the molecule is CCSc1nc(-c2cc[nH]c(=O)c2)cc(=O)n1-c1ccc(OCC(F)(F)P)cc1.